The minimum absolute atomic E-state index is 0.110. The predicted molar refractivity (Wildman–Crippen MR) is 69.1 cm³/mol. The summed E-state index contributed by atoms with van der Waals surface area (Å²) in [6.07, 6.45) is 1.24. The van der Waals surface area contributed by atoms with Gasteiger partial charge in [0.2, 0.25) is 0 Å². The number of aromatic nitrogens is 2. The standard InChI is InChI=1S/C10H7Cl2N3OS/c1-5-2-17-3-6(5)10(16)15-9-7(11)8(12)13-4-14-9/h2-4H,1H3,(H,13,14,15,16). The minimum atomic E-state index is -0.264. The van der Waals surface area contributed by atoms with Crippen LogP contribution in [0.2, 0.25) is 10.2 Å². The van der Waals surface area contributed by atoms with Gasteiger partial charge in [-0.2, -0.15) is 11.3 Å². The first-order chi connectivity index (χ1) is 8.09. The molecule has 0 aliphatic carbocycles. The molecule has 0 aromatic carbocycles. The Morgan fingerprint density at radius 3 is 2.76 bits per heavy atom. The molecule has 0 atom stereocenters. The molecule has 88 valence electrons. The first-order valence-corrected chi connectivity index (χ1v) is 6.29. The lowest BCUT2D eigenvalue weighted by Crippen LogP contribution is -2.13. The average molecular weight is 288 g/mol. The van der Waals surface area contributed by atoms with E-state index >= 15 is 0 Å². The second-order valence-electron chi connectivity index (χ2n) is 3.25. The number of anilines is 1. The maximum absolute atomic E-state index is 11.9. The second kappa shape index (κ2) is 5.00. The van der Waals surface area contributed by atoms with Gasteiger partial charge in [-0.05, 0) is 17.9 Å². The van der Waals surface area contributed by atoms with E-state index in [0.29, 0.717) is 5.56 Å². The van der Waals surface area contributed by atoms with Gasteiger partial charge in [0.15, 0.2) is 11.0 Å². The first-order valence-electron chi connectivity index (χ1n) is 4.59. The number of aryl methyl sites for hydroxylation is 1. The Kier molecular flexibility index (Phi) is 3.61. The summed E-state index contributed by atoms with van der Waals surface area (Å²) >= 11 is 13.1. The molecule has 0 saturated heterocycles. The molecule has 0 unspecified atom stereocenters. The normalized spacial score (nSPS) is 10.3. The van der Waals surface area contributed by atoms with E-state index in [0.717, 1.165) is 5.56 Å². The largest absolute Gasteiger partial charge is 0.305 e. The SMILES string of the molecule is Cc1cscc1C(=O)Nc1ncnc(Cl)c1Cl. The summed E-state index contributed by atoms with van der Waals surface area (Å²) < 4.78 is 0. The summed E-state index contributed by atoms with van der Waals surface area (Å²) in [6, 6.07) is 0. The van der Waals surface area contributed by atoms with Gasteiger partial charge in [0.05, 0.1) is 5.56 Å². The van der Waals surface area contributed by atoms with Gasteiger partial charge in [0.1, 0.15) is 11.3 Å². The molecular weight excluding hydrogens is 281 g/mol. The van der Waals surface area contributed by atoms with Crippen LogP contribution in [0, 0.1) is 6.92 Å². The summed E-state index contributed by atoms with van der Waals surface area (Å²) in [5, 5.41) is 6.50. The maximum atomic E-state index is 11.9. The molecule has 0 spiro atoms. The fraction of sp³-hybridized carbons (Fsp3) is 0.100. The smallest absolute Gasteiger partial charge is 0.257 e. The van der Waals surface area contributed by atoms with Crippen molar-refractivity contribution < 1.29 is 4.79 Å². The van der Waals surface area contributed by atoms with Crippen molar-refractivity contribution >= 4 is 46.3 Å². The van der Waals surface area contributed by atoms with E-state index in [2.05, 4.69) is 15.3 Å². The van der Waals surface area contributed by atoms with Gasteiger partial charge >= 0.3 is 0 Å². The van der Waals surface area contributed by atoms with E-state index in [1.54, 1.807) is 5.38 Å². The zero-order valence-electron chi connectivity index (χ0n) is 8.70. The van der Waals surface area contributed by atoms with Crippen molar-refractivity contribution in [2.45, 2.75) is 6.92 Å². The number of thiophene rings is 1. The molecule has 7 heteroatoms. The Labute approximate surface area is 112 Å². The number of carbonyl (C=O) groups is 1. The number of carbonyl (C=O) groups excluding carboxylic acids is 1. The summed E-state index contributed by atoms with van der Waals surface area (Å²) in [4.78, 5) is 19.5. The highest BCUT2D eigenvalue weighted by atomic mass is 35.5. The van der Waals surface area contributed by atoms with E-state index in [1.165, 1.54) is 17.7 Å². The van der Waals surface area contributed by atoms with E-state index in [9.17, 15) is 4.79 Å². The van der Waals surface area contributed by atoms with Gasteiger partial charge in [-0.3, -0.25) is 4.79 Å². The number of hydrogen-bond acceptors (Lipinski definition) is 4. The molecule has 0 bridgehead atoms. The molecule has 0 fully saturated rings. The van der Waals surface area contributed by atoms with Crippen LogP contribution in [0.5, 0.6) is 0 Å². The first kappa shape index (κ1) is 12.3. The average Bonchev–Trinajstić information content (AvgIpc) is 2.71. The quantitative estimate of drug-likeness (QED) is 0.862. The Morgan fingerprint density at radius 2 is 2.12 bits per heavy atom. The lowest BCUT2D eigenvalue weighted by molar-refractivity contribution is 0.102. The highest BCUT2D eigenvalue weighted by Crippen LogP contribution is 2.26. The van der Waals surface area contributed by atoms with Crippen molar-refractivity contribution in [3.63, 3.8) is 0 Å². The number of nitrogens with zero attached hydrogens (tertiary/aromatic N) is 2. The molecule has 0 aliphatic rings. The highest BCUT2D eigenvalue weighted by molar-refractivity contribution is 7.08. The lowest BCUT2D eigenvalue weighted by atomic mass is 10.2. The molecule has 4 nitrogen and oxygen atoms in total. The van der Waals surface area contributed by atoms with Crippen LogP contribution in [0.4, 0.5) is 5.82 Å². The second-order valence-corrected chi connectivity index (χ2v) is 4.73. The summed E-state index contributed by atoms with van der Waals surface area (Å²) in [6.45, 7) is 1.86. The van der Waals surface area contributed by atoms with E-state index in [4.69, 9.17) is 23.2 Å². The molecule has 0 aliphatic heterocycles. The molecule has 0 radical (unpaired) electrons. The molecule has 2 aromatic heterocycles. The maximum Gasteiger partial charge on any atom is 0.257 e. The molecular formula is C10H7Cl2N3OS. The summed E-state index contributed by atoms with van der Waals surface area (Å²) in [5.41, 5.74) is 1.50. The van der Waals surface area contributed by atoms with Crippen LogP contribution in [0.25, 0.3) is 0 Å². The lowest BCUT2D eigenvalue weighted by Gasteiger charge is -2.05. The number of amides is 1. The number of halogens is 2. The van der Waals surface area contributed by atoms with Crippen molar-refractivity contribution in [3.8, 4) is 0 Å². The fourth-order valence-corrected chi connectivity index (χ4v) is 2.31. The van der Waals surface area contributed by atoms with Crippen LogP contribution in [0.15, 0.2) is 17.1 Å². The molecule has 2 aromatic rings. The van der Waals surface area contributed by atoms with Gasteiger partial charge in [-0.25, -0.2) is 9.97 Å². The van der Waals surface area contributed by atoms with Crippen molar-refractivity contribution in [1.82, 2.24) is 9.97 Å². The van der Waals surface area contributed by atoms with Gasteiger partial charge < -0.3 is 5.32 Å². The van der Waals surface area contributed by atoms with Gasteiger partial charge in [0.25, 0.3) is 5.91 Å². The zero-order chi connectivity index (χ0) is 12.4. The van der Waals surface area contributed by atoms with E-state index in [-0.39, 0.29) is 21.9 Å². The van der Waals surface area contributed by atoms with Crippen molar-refractivity contribution in [1.29, 1.82) is 0 Å². The Balaban J connectivity index is 2.25. The van der Waals surface area contributed by atoms with Gasteiger partial charge in [-0.15, -0.1) is 0 Å². The Hall–Kier alpha value is -1.17. The van der Waals surface area contributed by atoms with Crippen LogP contribution < -0.4 is 5.32 Å². The van der Waals surface area contributed by atoms with E-state index in [1.807, 2.05) is 12.3 Å². The van der Waals surface area contributed by atoms with Crippen molar-refractivity contribution in [2.75, 3.05) is 5.32 Å². The minimum Gasteiger partial charge on any atom is -0.305 e. The summed E-state index contributed by atoms with van der Waals surface area (Å²) in [5.74, 6) is -0.0531. The summed E-state index contributed by atoms with van der Waals surface area (Å²) in [7, 11) is 0. The fourth-order valence-electron chi connectivity index (χ4n) is 1.20. The molecule has 2 heterocycles. The zero-order valence-corrected chi connectivity index (χ0v) is 11.0. The van der Waals surface area contributed by atoms with Crippen LogP contribution in [0.1, 0.15) is 15.9 Å². The third-order valence-corrected chi connectivity index (χ3v) is 3.68. The van der Waals surface area contributed by atoms with Gasteiger partial charge in [-0.1, -0.05) is 23.2 Å². The van der Waals surface area contributed by atoms with Crippen LogP contribution in [-0.4, -0.2) is 15.9 Å². The molecule has 0 saturated carbocycles. The van der Waals surface area contributed by atoms with Crippen LogP contribution in [0.3, 0.4) is 0 Å². The molecule has 1 N–H and O–H groups in total. The number of nitrogens with one attached hydrogen (secondary N) is 1. The van der Waals surface area contributed by atoms with Crippen LogP contribution >= 0.6 is 34.5 Å². The topological polar surface area (TPSA) is 54.9 Å². The van der Waals surface area contributed by atoms with E-state index < -0.39 is 0 Å². The third-order valence-electron chi connectivity index (χ3n) is 2.08. The van der Waals surface area contributed by atoms with Crippen molar-refractivity contribution in [2.24, 2.45) is 0 Å². The van der Waals surface area contributed by atoms with Gasteiger partial charge in [0, 0.05) is 5.38 Å². The Morgan fingerprint density at radius 1 is 1.35 bits per heavy atom. The molecule has 1 amide bonds. The monoisotopic (exact) mass is 287 g/mol. The number of rotatable bonds is 2. The third kappa shape index (κ3) is 2.57. The molecule has 17 heavy (non-hydrogen) atoms. The van der Waals surface area contributed by atoms with Crippen LogP contribution in [-0.2, 0) is 0 Å². The molecule has 2 rings (SSSR count). The van der Waals surface area contributed by atoms with Crippen molar-refractivity contribution in [3.05, 3.63) is 38.4 Å². The highest BCUT2D eigenvalue weighted by Gasteiger charge is 2.14. The Bertz CT molecular complexity index is 570. The number of hydrogen-bond donors (Lipinski definition) is 1. The predicted octanol–water partition coefficient (Wildman–Crippen LogP) is 3.41.